The van der Waals surface area contributed by atoms with Crippen molar-refractivity contribution in [2.75, 3.05) is 13.1 Å². The van der Waals surface area contributed by atoms with E-state index in [-0.39, 0.29) is 0 Å². The van der Waals surface area contributed by atoms with Crippen LogP contribution in [0.25, 0.3) is 10.6 Å². The average molecular weight is 259 g/mol. The first-order valence-electron chi connectivity index (χ1n) is 6.43. The van der Waals surface area contributed by atoms with Crippen LogP contribution < -0.4 is 5.32 Å². The van der Waals surface area contributed by atoms with Crippen molar-refractivity contribution in [3.63, 3.8) is 0 Å². The van der Waals surface area contributed by atoms with Crippen LogP contribution in [0.1, 0.15) is 29.3 Å². The third-order valence-electron chi connectivity index (χ3n) is 3.43. The van der Waals surface area contributed by atoms with Crippen LogP contribution in [0.3, 0.4) is 0 Å². The van der Waals surface area contributed by atoms with Crippen molar-refractivity contribution in [2.45, 2.75) is 25.7 Å². The van der Waals surface area contributed by atoms with Crippen LogP contribution in [0.15, 0.2) is 24.5 Å². The topological polar surface area (TPSA) is 37.8 Å². The van der Waals surface area contributed by atoms with E-state index in [1.54, 1.807) is 0 Å². The number of aromatic nitrogens is 2. The van der Waals surface area contributed by atoms with E-state index in [2.05, 4.69) is 17.2 Å². The third-order valence-corrected chi connectivity index (χ3v) is 4.80. The summed E-state index contributed by atoms with van der Waals surface area (Å²) in [6, 6.07) is 4.06. The predicted molar refractivity (Wildman–Crippen MR) is 74.9 cm³/mol. The Labute approximate surface area is 111 Å². The summed E-state index contributed by atoms with van der Waals surface area (Å²) in [5, 5.41) is 4.60. The molecule has 3 nitrogen and oxygen atoms in total. The summed E-state index contributed by atoms with van der Waals surface area (Å²) in [4.78, 5) is 10.2. The number of hydrogen-bond donors (Lipinski definition) is 1. The van der Waals surface area contributed by atoms with E-state index in [4.69, 9.17) is 4.98 Å². The molecule has 4 heteroatoms. The Hall–Kier alpha value is -1.26. The van der Waals surface area contributed by atoms with Gasteiger partial charge in [0.1, 0.15) is 5.01 Å². The number of thiazole rings is 1. The highest BCUT2D eigenvalue weighted by molar-refractivity contribution is 7.15. The molecule has 18 heavy (non-hydrogen) atoms. The van der Waals surface area contributed by atoms with Gasteiger partial charge in [-0.15, -0.1) is 11.3 Å². The van der Waals surface area contributed by atoms with Crippen LogP contribution in [0.4, 0.5) is 0 Å². The molecule has 1 N–H and O–H groups in total. The summed E-state index contributed by atoms with van der Waals surface area (Å²) in [6.07, 6.45) is 6.21. The number of aryl methyl sites for hydroxylation is 1. The maximum atomic E-state index is 4.72. The second kappa shape index (κ2) is 5.16. The van der Waals surface area contributed by atoms with E-state index in [1.165, 1.54) is 29.0 Å². The molecule has 2 aromatic heterocycles. The normalized spacial score (nSPS) is 19.9. The average Bonchev–Trinajstić information content (AvgIpc) is 2.83. The van der Waals surface area contributed by atoms with E-state index < -0.39 is 0 Å². The minimum absolute atomic E-state index is 0.645. The van der Waals surface area contributed by atoms with Gasteiger partial charge < -0.3 is 5.32 Å². The summed E-state index contributed by atoms with van der Waals surface area (Å²) in [5.74, 6) is 0.645. The summed E-state index contributed by atoms with van der Waals surface area (Å²) in [7, 11) is 0. The van der Waals surface area contributed by atoms with Crippen LogP contribution >= 0.6 is 11.3 Å². The van der Waals surface area contributed by atoms with E-state index >= 15 is 0 Å². The molecule has 0 aliphatic carbocycles. The summed E-state index contributed by atoms with van der Waals surface area (Å²) >= 11 is 1.84. The van der Waals surface area contributed by atoms with Gasteiger partial charge in [0.2, 0.25) is 0 Å². The van der Waals surface area contributed by atoms with Crippen molar-refractivity contribution in [3.05, 3.63) is 35.1 Å². The SMILES string of the molecule is Cc1nc(-c2ccncc2)sc1C1CCCNC1. The lowest BCUT2D eigenvalue weighted by molar-refractivity contribution is 0.464. The van der Waals surface area contributed by atoms with Gasteiger partial charge in [-0.05, 0) is 38.4 Å². The van der Waals surface area contributed by atoms with Gasteiger partial charge in [-0.2, -0.15) is 0 Å². The molecule has 3 rings (SSSR count). The summed E-state index contributed by atoms with van der Waals surface area (Å²) in [6.45, 7) is 4.38. The van der Waals surface area contributed by atoms with Crippen molar-refractivity contribution in [1.29, 1.82) is 0 Å². The van der Waals surface area contributed by atoms with Gasteiger partial charge >= 0.3 is 0 Å². The van der Waals surface area contributed by atoms with Crippen molar-refractivity contribution < 1.29 is 0 Å². The molecule has 2 aromatic rings. The molecule has 1 atom stereocenters. The Morgan fingerprint density at radius 3 is 2.89 bits per heavy atom. The zero-order chi connectivity index (χ0) is 12.4. The molecule has 1 fully saturated rings. The minimum Gasteiger partial charge on any atom is -0.316 e. The van der Waals surface area contributed by atoms with Gasteiger partial charge in [0.05, 0.1) is 5.69 Å². The molecule has 0 spiro atoms. The molecule has 1 aliphatic heterocycles. The monoisotopic (exact) mass is 259 g/mol. The molecule has 1 saturated heterocycles. The molecule has 0 aromatic carbocycles. The van der Waals surface area contributed by atoms with Crippen molar-refractivity contribution in [2.24, 2.45) is 0 Å². The number of nitrogens with one attached hydrogen (secondary N) is 1. The first-order valence-corrected chi connectivity index (χ1v) is 7.24. The lowest BCUT2D eigenvalue weighted by Crippen LogP contribution is -2.28. The van der Waals surface area contributed by atoms with Gasteiger partial charge in [0.25, 0.3) is 0 Å². The molecule has 1 aliphatic rings. The molecule has 0 bridgehead atoms. The number of nitrogens with zero attached hydrogens (tertiary/aromatic N) is 2. The van der Waals surface area contributed by atoms with Crippen LogP contribution in [0.2, 0.25) is 0 Å². The lowest BCUT2D eigenvalue weighted by atomic mass is 9.97. The molecule has 0 radical (unpaired) electrons. The number of pyridine rings is 1. The van der Waals surface area contributed by atoms with Crippen LogP contribution in [-0.2, 0) is 0 Å². The Morgan fingerprint density at radius 2 is 2.17 bits per heavy atom. The standard InChI is InChI=1S/C14H17N3S/c1-10-13(12-3-2-6-16-9-12)18-14(17-10)11-4-7-15-8-5-11/h4-5,7-8,12,16H,2-3,6,9H2,1H3. The molecular weight excluding hydrogens is 242 g/mol. The van der Waals surface area contributed by atoms with E-state index in [9.17, 15) is 0 Å². The van der Waals surface area contributed by atoms with Crippen molar-refractivity contribution >= 4 is 11.3 Å². The molecule has 3 heterocycles. The Balaban J connectivity index is 1.91. The number of piperidine rings is 1. The fraction of sp³-hybridized carbons (Fsp3) is 0.429. The van der Waals surface area contributed by atoms with E-state index in [0.717, 1.165) is 18.1 Å². The van der Waals surface area contributed by atoms with E-state index in [0.29, 0.717) is 5.92 Å². The predicted octanol–water partition coefficient (Wildman–Crippen LogP) is 2.98. The van der Waals surface area contributed by atoms with Crippen LogP contribution in [-0.4, -0.2) is 23.1 Å². The second-order valence-electron chi connectivity index (χ2n) is 4.75. The fourth-order valence-electron chi connectivity index (χ4n) is 2.48. The first-order chi connectivity index (χ1) is 8.84. The first kappa shape index (κ1) is 11.8. The quantitative estimate of drug-likeness (QED) is 0.901. The molecule has 0 saturated carbocycles. The minimum atomic E-state index is 0.645. The maximum absolute atomic E-state index is 4.72. The Bertz CT molecular complexity index is 515. The lowest BCUT2D eigenvalue weighted by Gasteiger charge is -2.21. The van der Waals surface area contributed by atoms with E-state index in [1.807, 2.05) is 35.9 Å². The number of hydrogen-bond acceptors (Lipinski definition) is 4. The summed E-state index contributed by atoms with van der Waals surface area (Å²) in [5.41, 5.74) is 2.37. The zero-order valence-corrected chi connectivity index (χ0v) is 11.3. The highest BCUT2D eigenvalue weighted by atomic mass is 32.1. The molecule has 94 valence electrons. The number of rotatable bonds is 2. The highest BCUT2D eigenvalue weighted by Gasteiger charge is 2.20. The summed E-state index contributed by atoms with van der Waals surface area (Å²) < 4.78 is 0. The Morgan fingerprint density at radius 1 is 1.33 bits per heavy atom. The second-order valence-corrected chi connectivity index (χ2v) is 5.78. The van der Waals surface area contributed by atoms with Gasteiger partial charge in [-0.3, -0.25) is 4.98 Å². The van der Waals surface area contributed by atoms with Crippen molar-refractivity contribution in [1.82, 2.24) is 15.3 Å². The molecule has 0 amide bonds. The fourth-order valence-corrected chi connectivity index (χ4v) is 3.69. The largest absolute Gasteiger partial charge is 0.316 e. The third kappa shape index (κ3) is 2.31. The van der Waals surface area contributed by atoms with Crippen LogP contribution in [0, 0.1) is 6.92 Å². The highest BCUT2D eigenvalue weighted by Crippen LogP contribution is 2.35. The zero-order valence-electron chi connectivity index (χ0n) is 10.5. The molecular formula is C14H17N3S. The Kier molecular flexibility index (Phi) is 3.39. The van der Waals surface area contributed by atoms with Crippen LogP contribution in [0.5, 0.6) is 0 Å². The van der Waals surface area contributed by atoms with Gasteiger partial charge in [-0.1, -0.05) is 0 Å². The molecule has 1 unspecified atom stereocenters. The maximum Gasteiger partial charge on any atom is 0.123 e. The van der Waals surface area contributed by atoms with Gasteiger partial charge in [-0.25, -0.2) is 4.98 Å². The van der Waals surface area contributed by atoms with Gasteiger partial charge in [0, 0.05) is 35.3 Å². The smallest absolute Gasteiger partial charge is 0.123 e. The van der Waals surface area contributed by atoms with Crippen molar-refractivity contribution in [3.8, 4) is 10.6 Å². The van der Waals surface area contributed by atoms with Gasteiger partial charge in [0.15, 0.2) is 0 Å².